The number of carbonyl (C=O) groups excluding carboxylic acids is 3. The van der Waals surface area contributed by atoms with E-state index in [9.17, 15) is 14.4 Å². The molecule has 0 radical (unpaired) electrons. The molecule has 0 bridgehead atoms. The van der Waals surface area contributed by atoms with Crippen LogP contribution in [0.2, 0.25) is 0 Å². The summed E-state index contributed by atoms with van der Waals surface area (Å²) in [5, 5.41) is 0. The third kappa shape index (κ3) is 47.0. The van der Waals surface area contributed by atoms with Crippen LogP contribution in [-0.2, 0) is 28.6 Å². The molecule has 0 spiro atoms. The van der Waals surface area contributed by atoms with Crippen LogP contribution in [0.5, 0.6) is 0 Å². The first-order valence-electron chi connectivity index (χ1n) is 24.4. The minimum Gasteiger partial charge on any atom is -0.462 e. The van der Waals surface area contributed by atoms with Gasteiger partial charge < -0.3 is 14.2 Å². The number of unbranched alkanes of at least 4 members (excludes halogenated alkanes) is 13. The van der Waals surface area contributed by atoms with Gasteiger partial charge in [-0.15, -0.1) is 0 Å². The van der Waals surface area contributed by atoms with Crippen LogP contribution in [0.25, 0.3) is 0 Å². The molecule has 344 valence electrons. The van der Waals surface area contributed by atoms with Crippen molar-refractivity contribution in [3.8, 4) is 0 Å². The van der Waals surface area contributed by atoms with Gasteiger partial charge >= 0.3 is 17.9 Å². The zero-order chi connectivity index (χ0) is 44.4. The van der Waals surface area contributed by atoms with E-state index in [1.54, 1.807) is 0 Å². The highest BCUT2D eigenvalue weighted by molar-refractivity contribution is 5.71. The number of esters is 3. The van der Waals surface area contributed by atoms with Crippen molar-refractivity contribution in [3.05, 3.63) is 109 Å². The van der Waals surface area contributed by atoms with Gasteiger partial charge in [-0.25, -0.2) is 0 Å². The van der Waals surface area contributed by atoms with E-state index >= 15 is 0 Å². The summed E-state index contributed by atoms with van der Waals surface area (Å²) in [5.41, 5.74) is 0. The van der Waals surface area contributed by atoms with Crippen LogP contribution in [0.1, 0.15) is 201 Å². The zero-order valence-electron chi connectivity index (χ0n) is 39.1. The Morgan fingerprint density at radius 3 is 1.05 bits per heavy atom. The Balaban J connectivity index is 4.52. The first-order valence-corrected chi connectivity index (χ1v) is 24.4. The van der Waals surface area contributed by atoms with Gasteiger partial charge in [0.15, 0.2) is 6.10 Å². The zero-order valence-corrected chi connectivity index (χ0v) is 39.1. The smallest absolute Gasteiger partial charge is 0.306 e. The van der Waals surface area contributed by atoms with Gasteiger partial charge in [0.05, 0.1) is 0 Å². The molecule has 0 aliphatic heterocycles. The topological polar surface area (TPSA) is 78.9 Å². The maximum atomic E-state index is 12.8. The van der Waals surface area contributed by atoms with E-state index in [1.165, 1.54) is 25.7 Å². The summed E-state index contributed by atoms with van der Waals surface area (Å²) < 4.78 is 16.7. The lowest BCUT2D eigenvalue weighted by molar-refractivity contribution is -0.167. The second-order valence-electron chi connectivity index (χ2n) is 15.6. The standard InChI is InChI=1S/C55H88O6/c1-4-7-10-13-16-19-22-24-26-27-29-30-33-36-39-42-45-48-54(57)60-51-52(50-59-53(56)47-44-41-38-35-32-21-18-15-12-9-6-3)61-55(58)49-46-43-40-37-34-31-28-25-23-20-17-14-11-8-5-2/h7-8,10-11,15-20,24-26,28-30,34,37,52H,4-6,9,12-14,21-23,27,31-33,35-36,38-51H2,1-3H3/b10-7-,11-8-,18-15-,19-16-,20-17-,26-24-,28-25-,30-29-,37-34-/t52-/m0/s1. The largest absolute Gasteiger partial charge is 0.462 e. The van der Waals surface area contributed by atoms with E-state index in [0.29, 0.717) is 19.3 Å². The highest BCUT2D eigenvalue weighted by atomic mass is 16.6. The summed E-state index contributed by atoms with van der Waals surface area (Å²) in [6.07, 6.45) is 65.0. The summed E-state index contributed by atoms with van der Waals surface area (Å²) in [4.78, 5) is 37.9. The monoisotopic (exact) mass is 845 g/mol. The molecule has 6 heteroatoms. The van der Waals surface area contributed by atoms with Gasteiger partial charge in [0.1, 0.15) is 13.2 Å². The minimum atomic E-state index is -0.814. The van der Waals surface area contributed by atoms with E-state index in [4.69, 9.17) is 14.2 Å². The second kappa shape index (κ2) is 48.7. The normalized spacial score (nSPS) is 13.0. The Bertz CT molecular complexity index is 1290. The van der Waals surface area contributed by atoms with Gasteiger partial charge in [-0.3, -0.25) is 14.4 Å². The molecule has 0 aromatic carbocycles. The predicted octanol–water partition coefficient (Wildman–Crippen LogP) is 16.0. The highest BCUT2D eigenvalue weighted by Gasteiger charge is 2.19. The minimum absolute atomic E-state index is 0.110. The Labute approximate surface area is 374 Å². The fraction of sp³-hybridized carbons (Fsp3) is 0.618. The summed E-state index contributed by atoms with van der Waals surface area (Å²) >= 11 is 0. The van der Waals surface area contributed by atoms with E-state index in [-0.39, 0.29) is 37.5 Å². The van der Waals surface area contributed by atoms with E-state index in [0.717, 1.165) is 128 Å². The van der Waals surface area contributed by atoms with E-state index < -0.39 is 6.10 Å². The van der Waals surface area contributed by atoms with Gasteiger partial charge in [-0.2, -0.15) is 0 Å². The molecule has 6 nitrogen and oxygen atoms in total. The molecule has 0 saturated carbocycles. The van der Waals surface area contributed by atoms with Crippen LogP contribution in [0.4, 0.5) is 0 Å². The van der Waals surface area contributed by atoms with Gasteiger partial charge in [0, 0.05) is 19.3 Å². The van der Waals surface area contributed by atoms with Gasteiger partial charge in [-0.05, 0) is 116 Å². The fourth-order valence-corrected chi connectivity index (χ4v) is 6.11. The third-order valence-electron chi connectivity index (χ3n) is 9.74. The first kappa shape index (κ1) is 57.1. The highest BCUT2D eigenvalue weighted by Crippen LogP contribution is 2.12. The van der Waals surface area contributed by atoms with Crippen molar-refractivity contribution in [2.45, 2.75) is 207 Å². The Hall–Kier alpha value is -3.93. The molecule has 0 amide bonds. The van der Waals surface area contributed by atoms with Crippen LogP contribution in [0.15, 0.2) is 109 Å². The number of allylic oxidation sites excluding steroid dienone is 18. The van der Waals surface area contributed by atoms with Gasteiger partial charge in [0.2, 0.25) is 0 Å². The molecule has 0 N–H and O–H groups in total. The van der Waals surface area contributed by atoms with Gasteiger partial charge in [0.25, 0.3) is 0 Å². The SMILES string of the molecule is CC/C=C\C/C=C\C/C=C\C/C=C\CCCCCCC(=O)OC[C@H](COC(=O)CCCCCCC/C=C\CCCC)OC(=O)CCCC/C=C\C/C=C\C/C=C\C/C=C\CC. The maximum Gasteiger partial charge on any atom is 0.306 e. The molecule has 0 aliphatic carbocycles. The van der Waals surface area contributed by atoms with Gasteiger partial charge in [-0.1, -0.05) is 175 Å². The van der Waals surface area contributed by atoms with Crippen LogP contribution in [0, 0.1) is 0 Å². The number of hydrogen-bond donors (Lipinski definition) is 0. The lowest BCUT2D eigenvalue weighted by atomic mass is 10.1. The average Bonchev–Trinajstić information content (AvgIpc) is 3.26. The molecule has 0 aliphatic rings. The number of hydrogen-bond acceptors (Lipinski definition) is 6. The molecule has 0 aromatic rings. The molecule has 0 unspecified atom stereocenters. The lowest BCUT2D eigenvalue weighted by Gasteiger charge is -2.18. The number of ether oxygens (including phenoxy) is 3. The summed E-state index contributed by atoms with van der Waals surface area (Å²) in [7, 11) is 0. The average molecular weight is 845 g/mol. The summed E-state index contributed by atoms with van der Waals surface area (Å²) in [6.45, 7) is 6.28. The summed E-state index contributed by atoms with van der Waals surface area (Å²) in [5.74, 6) is -0.995. The number of rotatable bonds is 42. The fourth-order valence-electron chi connectivity index (χ4n) is 6.11. The predicted molar refractivity (Wildman–Crippen MR) is 260 cm³/mol. The van der Waals surface area contributed by atoms with Crippen molar-refractivity contribution < 1.29 is 28.6 Å². The van der Waals surface area contributed by atoms with E-state index in [2.05, 4.69) is 130 Å². The van der Waals surface area contributed by atoms with Crippen molar-refractivity contribution in [2.24, 2.45) is 0 Å². The molecule has 0 heterocycles. The second-order valence-corrected chi connectivity index (χ2v) is 15.6. The molecule has 0 aromatic heterocycles. The van der Waals surface area contributed by atoms with E-state index in [1.807, 2.05) is 0 Å². The third-order valence-corrected chi connectivity index (χ3v) is 9.74. The molecule has 0 saturated heterocycles. The van der Waals surface area contributed by atoms with Crippen LogP contribution < -0.4 is 0 Å². The Kier molecular flexibility index (Phi) is 45.6. The Morgan fingerprint density at radius 1 is 0.344 bits per heavy atom. The van der Waals surface area contributed by atoms with Crippen molar-refractivity contribution in [1.29, 1.82) is 0 Å². The quantitative estimate of drug-likeness (QED) is 0.0264. The van der Waals surface area contributed by atoms with Crippen molar-refractivity contribution in [1.82, 2.24) is 0 Å². The lowest BCUT2D eigenvalue weighted by Crippen LogP contribution is -2.30. The number of carbonyl (C=O) groups is 3. The van der Waals surface area contributed by atoms with Crippen LogP contribution in [0.3, 0.4) is 0 Å². The van der Waals surface area contributed by atoms with Crippen molar-refractivity contribution in [3.63, 3.8) is 0 Å². The Morgan fingerprint density at radius 2 is 0.639 bits per heavy atom. The maximum absolute atomic E-state index is 12.8. The van der Waals surface area contributed by atoms with Crippen LogP contribution >= 0.6 is 0 Å². The molecular weight excluding hydrogens is 757 g/mol. The first-order chi connectivity index (χ1) is 30.0. The molecule has 0 rings (SSSR count). The van der Waals surface area contributed by atoms with Crippen molar-refractivity contribution in [2.75, 3.05) is 13.2 Å². The molecular formula is C55H88O6. The van der Waals surface area contributed by atoms with Crippen molar-refractivity contribution >= 4 is 17.9 Å². The summed E-state index contributed by atoms with van der Waals surface area (Å²) in [6, 6.07) is 0. The molecule has 0 fully saturated rings. The van der Waals surface area contributed by atoms with Crippen LogP contribution in [-0.4, -0.2) is 37.2 Å². The molecule has 61 heavy (non-hydrogen) atoms. The molecule has 1 atom stereocenters.